The van der Waals surface area contributed by atoms with Crippen molar-refractivity contribution in [2.24, 2.45) is 0 Å². The number of carbonyl (C=O) groups excluding carboxylic acids is 1. The average Bonchev–Trinajstić information content (AvgIpc) is 2.66. The first-order valence-electron chi connectivity index (χ1n) is 8.79. The van der Waals surface area contributed by atoms with Gasteiger partial charge in [-0.25, -0.2) is 0 Å². The second-order valence-electron chi connectivity index (χ2n) is 6.09. The van der Waals surface area contributed by atoms with Gasteiger partial charge in [0.15, 0.2) is 11.5 Å². The molecule has 2 rings (SSSR count). The van der Waals surface area contributed by atoms with E-state index in [1.165, 1.54) is 5.56 Å². The molecule has 134 valence electrons. The molecule has 1 unspecified atom stereocenters. The van der Waals surface area contributed by atoms with Gasteiger partial charge in [0.05, 0.1) is 13.7 Å². The molecule has 0 saturated heterocycles. The van der Waals surface area contributed by atoms with Crippen LogP contribution < -0.4 is 14.8 Å². The first-order valence-corrected chi connectivity index (χ1v) is 8.79. The number of methoxy groups -OCH3 is 1. The molecule has 4 nitrogen and oxygen atoms in total. The highest BCUT2D eigenvalue weighted by Crippen LogP contribution is 2.28. The lowest BCUT2D eigenvalue weighted by Gasteiger charge is -2.14. The SMILES string of the molecule is CCCCOc1ccc(C(=O)NCC(C)c2ccccc2)cc1OC. The molecule has 1 amide bonds. The lowest BCUT2D eigenvalue weighted by molar-refractivity contribution is 0.0951. The van der Waals surface area contributed by atoms with Crippen LogP contribution in [0.25, 0.3) is 0 Å². The van der Waals surface area contributed by atoms with E-state index >= 15 is 0 Å². The minimum Gasteiger partial charge on any atom is -0.493 e. The summed E-state index contributed by atoms with van der Waals surface area (Å²) in [4.78, 5) is 12.4. The maximum Gasteiger partial charge on any atom is 0.251 e. The van der Waals surface area contributed by atoms with Gasteiger partial charge in [-0.3, -0.25) is 4.79 Å². The first-order chi connectivity index (χ1) is 12.2. The Morgan fingerprint density at radius 2 is 1.88 bits per heavy atom. The minimum atomic E-state index is -0.110. The molecule has 0 aliphatic carbocycles. The second kappa shape index (κ2) is 9.72. The number of nitrogens with one attached hydrogen (secondary N) is 1. The predicted octanol–water partition coefficient (Wildman–Crippen LogP) is 4.41. The van der Waals surface area contributed by atoms with E-state index in [1.807, 2.05) is 18.2 Å². The molecule has 0 fully saturated rings. The summed E-state index contributed by atoms with van der Waals surface area (Å²) in [5.74, 6) is 1.40. The Morgan fingerprint density at radius 1 is 1.12 bits per heavy atom. The first kappa shape index (κ1) is 18.8. The Bertz CT molecular complexity index is 670. The Labute approximate surface area is 150 Å². The van der Waals surface area contributed by atoms with Crippen LogP contribution in [0.2, 0.25) is 0 Å². The van der Waals surface area contributed by atoms with Crippen LogP contribution in [-0.4, -0.2) is 26.2 Å². The zero-order chi connectivity index (χ0) is 18.1. The molecule has 0 spiro atoms. The fourth-order valence-electron chi connectivity index (χ4n) is 2.50. The van der Waals surface area contributed by atoms with Crippen LogP contribution in [0.15, 0.2) is 48.5 Å². The fraction of sp³-hybridized carbons (Fsp3) is 0.381. The van der Waals surface area contributed by atoms with Gasteiger partial charge in [-0.05, 0) is 36.1 Å². The Balaban J connectivity index is 1.96. The van der Waals surface area contributed by atoms with E-state index in [0.717, 1.165) is 12.8 Å². The molecule has 0 aliphatic heterocycles. The fourth-order valence-corrected chi connectivity index (χ4v) is 2.50. The van der Waals surface area contributed by atoms with E-state index in [9.17, 15) is 4.79 Å². The Kier molecular flexibility index (Phi) is 7.33. The zero-order valence-corrected chi connectivity index (χ0v) is 15.2. The standard InChI is InChI=1S/C21H27NO3/c1-4-5-13-25-19-12-11-18(14-20(19)24-3)21(23)22-15-16(2)17-9-7-6-8-10-17/h6-12,14,16H,4-5,13,15H2,1-3H3,(H,22,23). The number of carbonyl (C=O) groups is 1. The van der Waals surface area contributed by atoms with Gasteiger partial charge in [-0.1, -0.05) is 50.6 Å². The normalized spacial score (nSPS) is 11.6. The van der Waals surface area contributed by atoms with E-state index in [0.29, 0.717) is 30.2 Å². The van der Waals surface area contributed by atoms with Crippen molar-refractivity contribution in [2.45, 2.75) is 32.6 Å². The van der Waals surface area contributed by atoms with Gasteiger partial charge in [0.25, 0.3) is 5.91 Å². The summed E-state index contributed by atoms with van der Waals surface area (Å²) in [6, 6.07) is 15.4. The largest absolute Gasteiger partial charge is 0.493 e. The van der Waals surface area contributed by atoms with E-state index in [4.69, 9.17) is 9.47 Å². The third-order valence-corrected chi connectivity index (χ3v) is 4.12. The summed E-state index contributed by atoms with van der Waals surface area (Å²) in [5.41, 5.74) is 1.78. The average molecular weight is 341 g/mol. The Hall–Kier alpha value is -2.49. The quantitative estimate of drug-likeness (QED) is 0.687. The van der Waals surface area contributed by atoms with Crippen molar-refractivity contribution in [3.05, 3.63) is 59.7 Å². The van der Waals surface area contributed by atoms with Gasteiger partial charge in [0.1, 0.15) is 0 Å². The molecule has 2 aromatic rings. The van der Waals surface area contributed by atoms with Crippen molar-refractivity contribution in [3.8, 4) is 11.5 Å². The Morgan fingerprint density at radius 3 is 2.56 bits per heavy atom. The monoisotopic (exact) mass is 341 g/mol. The molecule has 4 heteroatoms. The van der Waals surface area contributed by atoms with Crippen molar-refractivity contribution in [1.29, 1.82) is 0 Å². The van der Waals surface area contributed by atoms with Crippen LogP contribution in [0.4, 0.5) is 0 Å². The summed E-state index contributed by atoms with van der Waals surface area (Å²) in [7, 11) is 1.58. The molecule has 2 aromatic carbocycles. The van der Waals surface area contributed by atoms with Gasteiger partial charge in [0.2, 0.25) is 0 Å². The summed E-state index contributed by atoms with van der Waals surface area (Å²) >= 11 is 0. The van der Waals surface area contributed by atoms with E-state index in [-0.39, 0.29) is 11.8 Å². The molecule has 0 bridgehead atoms. The third kappa shape index (κ3) is 5.52. The van der Waals surface area contributed by atoms with Crippen molar-refractivity contribution < 1.29 is 14.3 Å². The highest BCUT2D eigenvalue weighted by Gasteiger charge is 2.13. The van der Waals surface area contributed by atoms with E-state index in [2.05, 4.69) is 31.3 Å². The van der Waals surface area contributed by atoms with Crippen LogP contribution >= 0.6 is 0 Å². The van der Waals surface area contributed by atoms with E-state index < -0.39 is 0 Å². The summed E-state index contributed by atoms with van der Waals surface area (Å²) in [6.45, 7) is 5.44. The smallest absolute Gasteiger partial charge is 0.251 e. The van der Waals surface area contributed by atoms with E-state index in [1.54, 1.807) is 25.3 Å². The summed E-state index contributed by atoms with van der Waals surface area (Å²) < 4.78 is 11.1. The van der Waals surface area contributed by atoms with Crippen molar-refractivity contribution in [1.82, 2.24) is 5.32 Å². The molecule has 25 heavy (non-hydrogen) atoms. The lowest BCUT2D eigenvalue weighted by Crippen LogP contribution is -2.27. The van der Waals surface area contributed by atoms with Crippen LogP contribution in [0.1, 0.15) is 48.5 Å². The highest BCUT2D eigenvalue weighted by molar-refractivity contribution is 5.94. The molecular formula is C21H27NO3. The van der Waals surface area contributed by atoms with Gasteiger partial charge < -0.3 is 14.8 Å². The molecule has 0 aliphatic rings. The maximum atomic E-state index is 12.4. The lowest BCUT2D eigenvalue weighted by atomic mass is 10.0. The van der Waals surface area contributed by atoms with Crippen LogP contribution in [0.3, 0.4) is 0 Å². The maximum absolute atomic E-state index is 12.4. The molecule has 1 N–H and O–H groups in total. The van der Waals surface area contributed by atoms with Crippen LogP contribution in [0, 0.1) is 0 Å². The predicted molar refractivity (Wildman–Crippen MR) is 101 cm³/mol. The molecule has 0 saturated carbocycles. The second-order valence-corrected chi connectivity index (χ2v) is 6.09. The summed E-state index contributed by atoms with van der Waals surface area (Å²) in [5, 5.41) is 2.98. The topological polar surface area (TPSA) is 47.6 Å². The van der Waals surface area contributed by atoms with Crippen molar-refractivity contribution in [2.75, 3.05) is 20.3 Å². The van der Waals surface area contributed by atoms with Gasteiger partial charge in [-0.2, -0.15) is 0 Å². The van der Waals surface area contributed by atoms with Gasteiger partial charge >= 0.3 is 0 Å². The molecule has 0 heterocycles. The number of hydrogen-bond acceptors (Lipinski definition) is 3. The molecular weight excluding hydrogens is 314 g/mol. The number of rotatable bonds is 9. The molecule has 1 atom stereocenters. The number of hydrogen-bond donors (Lipinski definition) is 1. The number of ether oxygens (including phenoxy) is 2. The molecule has 0 radical (unpaired) electrons. The van der Waals surface area contributed by atoms with Gasteiger partial charge in [-0.15, -0.1) is 0 Å². The molecule has 0 aromatic heterocycles. The van der Waals surface area contributed by atoms with Crippen molar-refractivity contribution >= 4 is 5.91 Å². The number of amides is 1. The van der Waals surface area contributed by atoms with Crippen LogP contribution in [-0.2, 0) is 0 Å². The summed E-state index contributed by atoms with van der Waals surface area (Å²) in [6.07, 6.45) is 2.06. The van der Waals surface area contributed by atoms with Crippen LogP contribution in [0.5, 0.6) is 11.5 Å². The number of benzene rings is 2. The van der Waals surface area contributed by atoms with Gasteiger partial charge in [0, 0.05) is 12.1 Å². The third-order valence-electron chi connectivity index (χ3n) is 4.12. The number of unbranched alkanes of at least 4 members (excludes halogenated alkanes) is 1. The van der Waals surface area contributed by atoms with Crippen molar-refractivity contribution in [3.63, 3.8) is 0 Å². The zero-order valence-electron chi connectivity index (χ0n) is 15.2. The minimum absolute atomic E-state index is 0.110. The highest BCUT2D eigenvalue weighted by atomic mass is 16.5.